The number of alkyl halides is 4. The lowest BCUT2D eigenvalue weighted by Gasteiger charge is -2.30. The zero-order valence-electron chi connectivity index (χ0n) is 19.7. The van der Waals surface area contributed by atoms with Gasteiger partial charge in [-0.2, -0.15) is 13.2 Å². The number of imidazole rings is 1. The second-order valence-corrected chi connectivity index (χ2v) is 10.6. The predicted octanol–water partition coefficient (Wildman–Crippen LogP) is 5.90. The standard InChI is InChI=1S/C26H27Cl2F3N4O/c1-15(18-5-4-17(27)11-21(18)28)35-14-33-23-13-20(26(29,30)31)19(12-24(23)35)16-6-9-34(10-7-16)25(36)22-3-2-8-32-22/h4-6,11-15,18,21-22,32H,2-3,7-10H2,1H3/t15?,18-,21?,22?/m1/s1. The Morgan fingerprint density at radius 1 is 1.31 bits per heavy atom. The first-order valence-corrected chi connectivity index (χ1v) is 12.9. The van der Waals surface area contributed by atoms with Gasteiger partial charge >= 0.3 is 6.18 Å². The minimum absolute atomic E-state index is 0.0199. The number of aromatic nitrogens is 2. The maximum Gasteiger partial charge on any atom is 0.417 e. The minimum Gasteiger partial charge on any atom is -0.337 e. The van der Waals surface area contributed by atoms with Crippen LogP contribution in [0.1, 0.15) is 43.4 Å². The molecule has 1 aromatic heterocycles. The number of nitrogens with one attached hydrogen (secondary N) is 1. The van der Waals surface area contributed by atoms with Crippen LogP contribution in [0.2, 0.25) is 0 Å². The first-order chi connectivity index (χ1) is 17.1. The van der Waals surface area contributed by atoms with Gasteiger partial charge in [0.05, 0.1) is 34.3 Å². The van der Waals surface area contributed by atoms with Crippen LogP contribution >= 0.6 is 23.2 Å². The summed E-state index contributed by atoms with van der Waals surface area (Å²) < 4.78 is 44.2. The van der Waals surface area contributed by atoms with E-state index in [1.165, 1.54) is 0 Å². The van der Waals surface area contributed by atoms with Gasteiger partial charge in [-0.3, -0.25) is 4.79 Å². The Labute approximate surface area is 217 Å². The van der Waals surface area contributed by atoms with Crippen LogP contribution < -0.4 is 5.32 Å². The van der Waals surface area contributed by atoms with Crippen molar-refractivity contribution in [2.45, 2.75) is 49.8 Å². The normalized spacial score (nSPS) is 25.7. The van der Waals surface area contributed by atoms with Gasteiger partial charge in [0.25, 0.3) is 0 Å². The van der Waals surface area contributed by atoms with Crippen molar-refractivity contribution in [3.8, 4) is 0 Å². The molecule has 4 atom stereocenters. The van der Waals surface area contributed by atoms with Crippen LogP contribution in [0, 0.1) is 5.92 Å². The number of carbonyl (C=O) groups excluding carboxylic acids is 1. The molecule has 1 aromatic carbocycles. The number of allylic oxidation sites excluding steroid dienone is 4. The number of benzene rings is 1. The van der Waals surface area contributed by atoms with Gasteiger partial charge in [0.2, 0.25) is 5.91 Å². The van der Waals surface area contributed by atoms with E-state index in [1.807, 2.05) is 17.6 Å². The zero-order valence-corrected chi connectivity index (χ0v) is 21.2. The lowest BCUT2D eigenvalue weighted by molar-refractivity contribution is -0.138. The van der Waals surface area contributed by atoms with Crippen molar-refractivity contribution in [1.29, 1.82) is 0 Å². The van der Waals surface area contributed by atoms with Gasteiger partial charge in [-0.05, 0) is 68.2 Å². The molecule has 1 aliphatic carbocycles. The van der Waals surface area contributed by atoms with Crippen molar-refractivity contribution in [1.82, 2.24) is 19.8 Å². The zero-order chi connectivity index (χ0) is 25.6. The number of rotatable bonds is 4. The Morgan fingerprint density at radius 3 is 2.75 bits per heavy atom. The molecule has 10 heteroatoms. The van der Waals surface area contributed by atoms with Gasteiger partial charge in [-0.1, -0.05) is 23.8 Å². The molecule has 3 aliphatic rings. The van der Waals surface area contributed by atoms with E-state index in [9.17, 15) is 18.0 Å². The van der Waals surface area contributed by atoms with Crippen molar-refractivity contribution < 1.29 is 18.0 Å². The van der Waals surface area contributed by atoms with Gasteiger partial charge in [0.1, 0.15) is 0 Å². The number of hydrogen-bond acceptors (Lipinski definition) is 3. The van der Waals surface area contributed by atoms with E-state index >= 15 is 0 Å². The fourth-order valence-corrected chi connectivity index (χ4v) is 6.07. The van der Waals surface area contributed by atoms with Gasteiger partial charge in [-0.25, -0.2) is 4.98 Å². The second-order valence-electron chi connectivity index (χ2n) is 9.62. The number of carbonyl (C=O) groups is 1. The van der Waals surface area contributed by atoms with Gasteiger partial charge < -0.3 is 14.8 Å². The molecule has 0 bridgehead atoms. The monoisotopic (exact) mass is 538 g/mol. The highest BCUT2D eigenvalue weighted by atomic mass is 35.5. The fourth-order valence-electron chi connectivity index (χ4n) is 5.37. The molecule has 2 aliphatic heterocycles. The molecule has 192 valence electrons. The molecule has 1 N–H and O–H groups in total. The summed E-state index contributed by atoms with van der Waals surface area (Å²) in [4.78, 5) is 18.8. The number of fused-ring (bicyclic) bond motifs is 1. The number of halogens is 5. The summed E-state index contributed by atoms with van der Waals surface area (Å²) in [6, 6.07) is 2.36. The smallest absolute Gasteiger partial charge is 0.337 e. The largest absolute Gasteiger partial charge is 0.417 e. The average Bonchev–Trinajstić information content (AvgIpc) is 3.52. The van der Waals surface area contributed by atoms with E-state index in [-0.39, 0.29) is 40.4 Å². The maximum atomic E-state index is 14.1. The molecule has 2 aromatic rings. The molecule has 3 unspecified atom stereocenters. The first kappa shape index (κ1) is 25.4. The van der Waals surface area contributed by atoms with E-state index in [0.717, 1.165) is 25.5 Å². The summed E-state index contributed by atoms with van der Waals surface area (Å²) in [6.45, 7) is 3.47. The lowest BCUT2D eigenvalue weighted by Crippen LogP contribution is -2.45. The molecule has 0 spiro atoms. The molecule has 1 fully saturated rings. The van der Waals surface area contributed by atoms with E-state index in [4.69, 9.17) is 23.2 Å². The predicted molar refractivity (Wildman–Crippen MR) is 136 cm³/mol. The van der Waals surface area contributed by atoms with E-state index < -0.39 is 11.7 Å². The Hall–Kier alpha value is -2.29. The first-order valence-electron chi connectivity index (χ1n) is 12.1. The Morgan fingerprint density at radius 2 is 2.11 bits per heavy atom. The third-order valence-corrected chi connectivity index (χ3v) is 8.07. The van der Waals surface area contributed by atoms with Crippen molar-refractivity contribution in [2.24, 2.45) is 5.92 Å². The van der Waals surface area contributed by atoms with Crippen LogP contribution in [0.15, 0.2) is 47.8 Å². The Balaban J connectivity index is 1.49. The van der Waals surface area contributed by atoms with Gasteiger partial charge in [0.15, 0.2) is 0 Å². The summed E-state index contributed by atoms with van der Waals surface area (Å²) in [5.74, 6) is -0.0820. The van der Waals surface area contributed by atoms with Gasteiger partial charge in [-0.15, -0.1) is 11.6 Å². The van der Waals surface area contributed by atoms with Crippen LogP contribution in [-0.4, -0.2) is 51.4 Å². The molecule has 5 nitrogen and oxygen atoms in total. The van der Waals surface area contributed by atoms with Crippen molar-refractivity contribution in [3.63, 3.8) is 0 Å². The molecule has 36 heavy (non-hydrogen) atoms. The van der Waals surface area contributed by atoms with Crippen molar-refractivity contribution in [3.05, 3.63) is 58.9 Å². The molecule has 0 radical (unpaired) electrons. The SMILES string of the molecule is CC([C@H]1C=CC(Cl)=CC1Cl)n1cnc2cc(C(F)(F)F)c(C3=CCN(C(=O)C4CCCN4)CC3)cc21. The van der Waals surface area contributed by atoms with Crippen LogP contribution in [0.5, 0.6) is 0 Å². The van der Waals surface area contributed by atoms with E-state index in [2.05, 4.69) is 10.3 Å². The molecular weight excluding hydrogens is 512 g/mol. The summed E-state index contributed by atoms with van der Waals surface area (Å²) in [6.07, 6.45) is 6.37. The third-order valence-electron chi connectivity index (χ3n) is 7.40. The number of hydrogen-bond donors (Lipinski definition) is 1. The number of nitrogens with zero attached hydrogens (tertiary/aromatic N) is 3. The molecule has 0 saturated carbocycles. The molecule has 1 saturated heterocycles. The highest BCUT2D eigenvalue weighted by Gasteiger charge is 2.36. The van der Waals surface area contributed by atoms with Crippen molar-refractivity contribution >= 4 is 45.7 Å². The summed E-state index contributed by atoms with van der Waals surface area (Å²) in [7, 11) is 0. The molecule has 1 amide bonds. The quantitative estimate of drug-likeness (QED) is 0.493. The highest BCUT2D eigenvalue weighted by Crippen LogP contribution is 2.40. The molecular formula is C26H27Cl2F3N4O. The van der Waals surface area contributed by atoms with Crippen LogP contribution in [0.25, 0.3) is 16.6 Å². The topological polar surface area (TPSA) is 50.2 Å². The summed E-state index contributed by atoms with van der Waals surface area (Å²) in [5.41, 5.74) is 0.907. The Kier molecular flexibility index (Phi) is 6.96. The minimum atomic E-state index is -4.53. The van der Waals surface area contributed by atoms with Crippen LogP contribution in [0.4, 0.5) is 13.2 Å². The molecule has 3 heterocycles. The van der Waals surface area contributed by atoms with Crippen molar-refractivity contribution in [2.75, 3.05) is 19.6 Å². The third kappa shape index (κ3) is 4.83. The summed E-state index contributed by atoms with van der Waals surface area (Å²) >= 11 is 12.6. The van der Waals surface area contributed by atoms with E-state index in [1.54, 1.807) is 35.5 Å². The average molecular weight is 539 g/mol. The van der Waals surface area contributed by atoms with Crippen LogP contribution in [-0.2, 0) is 11.0 Å². The van der Waals surface area contributed by atoms with Gasteiger partial charge in [0, 0.05) is 30.1 Å². The van der Waals surface area contributed by atoms with E-state index in [0.29, 0.717) is 35.6 Å². The highest BCUT2D eigenvalue weighted by molar-refractivity contribution is 6.32. The maximum absolute atomic E-state index is 14.1. The molecule has 5 rings (SSSR count). The lowest BCUT2D eigenvalue weighted by atomic mass is 9.92. The fraction of sp³-hybridized carbons (Fsp3) is 0.462. The number of amides is 1. The summed E-state index contributed by atoms with van der Waals surface area (Å²) in [5, 5.41) is 3.41. The Bertz CT molecular complexity index is 1260. The second kappa shape index (κ2) is 9.88. The van der Waals surface area contributed by atoms with Crippen LogP contribution in [0.3, 0.4) is 0 Å².